The van der Waals surface area contributed by atoms with E-state index >= 15 is 0 Å². The summed E-state index contributed by atoms with van der Waals surface area (Å²) in [7, 11) is -4.05. The lowest BCUT2D eigenvalue weighted by Crippen LogP contribution is -2.14. The van der Waals surface area contributed by atoms with Gasteiger partial charge in [0.1, 0.15) is 0 Å². The zero-order chi connectivity index (χ0) is 12.3. The molecule has 0 atom stereocenters. The normalized spacial score (nSPS) is 11.9. The molecule has 0 aliphatic heterocycles. The molecule has 0 spiro atoms. The molecule has 0 saturated carbocycles. The lowest BCUT2D eigenvalue weighted by molar-refractivity contribution is -0.210. The molecule has 0 aromatic rings. The summed E-state index contributed by atoms with van der Waals surface area (Å²) in [6, 6.07) is 0. The summed E-state index contributed by atoms with van der Waals surface area (Å²) in [6.07, 6.45) is 2.75. The predicted octanol–water partition coefficient (Wildman–Crippen LogP) is 1.42. The van der Waals surface area contributed by atoms with E-state index in [0.717, 1.165) is 19.3 Å². The minimum Gasteiger partial charge on any atom is -0.379 e. The lowest BCUT2D eigenvalue weighted by atomic mass is 10.3. The molecule has 16 heavy (non-hydrogen) atoms. The zero-order valence-electron chi connectivity index (χ0n) is 9.81. The van der Waals surface area contributed by atoms with Crippen LogP contribution >= 0.6 is 0 Å². The van der Waals surface area contributed by atoms with Gasteiger partial charge in [0.25, 0.3) is 0 Å². The maximum absolute atomic E-state index is 11.0. The molecule has 0 radical (unpaired) electrons. The number of unbranched alkanes of at least 4 members (excludes halogenated alkanes) is 2. The van der Waals surface area contributed by atoms with Gasteiger partial charge in [-0.05, 0) is 13.3 Å². The summed E-state index contributed by atoms with van der Waals surface area (Å²) in [6.45, 7) is 4.72. The molecule has 6 nitrogen and oxygen atoms in total. The fraction of sp³-hybridized carbons (Fsp3) is 1.00. The minimum absolute atomic E-state index is 0.0749. The summed E-state index contributed by atoms with van der Waals surface area (Å²) in [4.78, 5) is 4.50. The molecular weight excluding hydrogens is 236 g/mol. The van der Waals surface area contributed by atoms with Gasteiger partial charge in [0.05, 0.1) is 19.8 Å². The van der Waals surface area contributed by atoms with Gasteiger partial charge in [-0.2, -0.15) is 8.42 Å². The Morgan fingerprint density at radius 1 is 1.00 bits per heavy atom. The Hall–Kier alpha value is -0.210. The van der Waals surface area contributed by atoms with Gasteiger partial charge in [-0.25, -0.2) is 9.07 Å². The highest BCUT2D eigenvalue weighted by Crippen LogP contribution is 2.00. The van der Waals surface area contributed by atoms with Gasteiger partial charge in [0.15, 0.2) is 0 Å². The molecule has 0 aliphatic carbocycles. The monoisotopic (exact) mass is 256 g/mol. The first kappa shape index (κ1) is 15.8. The van der Waals surface area contributed by atoms with Crippen molar-refractivity contribution in [3.05, 3.63) is 0 Å². The number of rotatable bonds is 11. The second kappa shape index (κ2) is 9.98. The van der Waals surface area contributed by atoms with Crippen LogP contribution in [0.15, 0.2) is 0 Å². The Kier molecular flexibility index (Phi) is 9.85. The van der Waals surface area contributed by atoms with Crippen LogP contribution in [0.4, 0.5) is 0 Å². The third-order valence-corrected chi connectivity index (χ3v) is 2.34. The van der Waals surface area contributed by atoms with E-state index in [1.807, 2.05) is 13.8 Å². The van der Waals surface area contributed by atoms with E-state index in [0.29, 0.717) is 6.61 Å². The van der Waals surface area contributed by atoms with Crippen molar-refractivity contribution in [2.45, 2.75) is 33.1 Å². The first-order chi connectivity index (χ1) is 7.62. The van der Waals surface area contributed by atoms with Crippen molar-refractivity contribution in [3.63, 3.8) is 0 Å². The Morgan fingerprint density at radius 2 is 1.75 bits per heavy atom. The highest BCUT2D eigenvalue weighted by molar-refractivity contribution is 7.81. The molecule has 0 fully saturated rings. The molecule has 0 bridgehead atoms. The highest BCUT2D eigenvalue weighted by Gasteiger charge is 2.12. The second-order valence-electron chi connectivity index (χ2n) is 3.02. The molecule has 0 aromatic carbocycles. The molecule has 0 rings (SSSR count). The van der Waals surface area contributed by atoms with Crippen LogP contribution in [-0.4, -0.2) is 34.8 Å². The van der Waals surface area contributed by atoms with Gasteiger partial charge >= 0.3 is 10.4 Å². The van der Waals surface area contributed by atoms with Crippen LogP contribution in [-0.2, 0) is 28.5 Å². The Balaban J connectivity index is 3.47. The van der Waals surface area contributed by atoms with Crippen LogP contribution in [0.1, 0.15) is 33.1 Å². The highest BCUT2D eigenvalue weighted by atomic mass is 32.3. The van der Waals surface area contributed by atoms with Gasteiger partial charge in [-0.15, -0.1) is 0 Å². The Morgan fingerprint density at radius 3 is 2.38 bits per heavy atom. The summed E-state index contributed by atoms with van der Waals surface area (Å²) in [5.74, 6) is 0. The van der Waals surface area contributed by atoms with E-state index in [4.69, 9.17) is 4.74 Å². The first-order valence-electron chi connectivity index (χ1n) is 5.40. The van der Waals surface area contributed by atoms with Crippen LogP contribution in [0.3, 0.4) is 0 Å². The van der Waals surface area contributed by atoms with Crippen LogP contribution in [0.25, 0.3) is 0 Å². The molecule has 0 N–H and O–H groups in total. The number of hydrogen-bond acceptors (Lipinski definition) is 6. The Labute approximate surface area is 97.1 Å². The summed E-state index contributed by atoms with van der Waals surface area (Å²) < 4.78 is 35.5. The average molecular weight is 256 g/mol. The Bertz CT molecular complexity index is 238. The van der Waals surface area contributed by atoms with E-state index in [1.54, 1.807) is 0 Å². The maximum atomic E-state index is 11.0. The SMILES string of the molecule is CCCCCOOS(=O)(=O)OCCOCC. The van der Waals surface area contributed by atoms with Gasteiger partial charge in [0, 0.05) is 6.61 Å². The van der Waals surface area contributed by atoms with Crippen molar-refractivity contribution >= 4 is 10.4 Å². The summed E-state index contributed by atoms with van der Waals surface area (Å²) >= 11 is 0. The predicted molar refractivity (Wildman–Crippen MR) is 57.9 cm³/mol. The zero-order valence-corrected chi connectivity index (χ0v) is 10.6. The lowest BCUT2D eigenvalue weighted by Gasteiger charge is -2.05. The van der Waals surface area contributed by atoms with E-state index in [9.17, 15) is 8.42 Å². The van der Waals surface area contributed by atoms with Crippen molar-refractivity contribution in [2.75, 3.05) is 26.4 Å². The molecule has 0 aromatic heterocycles. The average Bonchev–Trinajstić information content (AvgIpc) is 2.24. The number of ether oxygens (including phenoxy) is 1. The molecule has 0 heterocycles. The van der Waals surface area contributed by atoms with Gasteiger partial charge in [0.2, 0.25) is 0 Å². The van der Waals surface area contributed by atoms with Crippen LogP contribution in [0.5, 0.6) is 0 Å². The molecule has 0 saturated heterocycles. The van der Waals surface area contributed by atoms with E-state index in [-0.39, 0.29) is 19.8 Å². The minimum atomic E-state index is -4.05. The van der Waals surface area contributed by atoms with Gasteiger partial charge in [-0.3, -0.25) is 0 Å². The third-order valence-electron chi connectivity index (χ3n) is 1.62. The smallest absolute Gasteiger partial charge is 0.379 e. The van der Waals surface area contributed by atoms with E-state index in [1.165, 1.54) is 0 Å². The molecule has 7 heteroatoms. The molecule has 98 valence electrons. The fourth-order valence-corrected chi connectivity index (χ4v) is 1.36. The van der Waals surface area contributed by atoms with Crippen molar-refractivity contribution < 1.29 is 26.6 Å². The quantitative estimate of drug-likeness (QED) is 0.316. The summed E-state index contributed by atoms with van der Waals surface area (Å²) in [5, 5.41) is 0. The number of hydrogen-bond donors (Lipinski definition) is 0. The molecule has 0 amide bonds. The van der Waals surface area contributed by atoms with E-state index in [2.05, 4.69) is 13.4 Å². The van der Waals surface area contributed by atoms with Crippen LogP contribution < -0.4 is 0 Å². The molecular formula is C9H20O6S. The van der Waals surface area contributed by atoms with Crippen LogP contribution in [0, 0.1) is 0 Å². The van der Waals surface area contributed by atoms with Crippen molar-refractivity contribution in [1.29, 1.82) is 0 Å². The van der Waals surface area contributed by atoms with Crippen molar-refractivity contribution in [2.24, 2.45) is 0 Å². The fourth-order valence-electron chi connectivity index (χ4n) is 0.863. The van der Waals surface area contributed by atoms with Crippen molar-refractivity contribution in [1.82, 2.24) is 0 Å². The first-order valence-corrected chi connectivity index (χ1v) is 6.74. The van der Waals surface area contributed by atoms with Gasteiger partial charge < -0.3 is 4.74 Å². The summed E-state index contributed by atoms with van der Waals surface area (Å²) in [5.41, 5.74) is 0. The van der Waals surface area contributed by atoms with Gasteiger partial charge in [-0.1, -0.05) is 24.1 Å². The molecule has 0 unspecified atom stereocenters. The largest absolute Gasteiger partial charge is 0.426 e. The topological polar surface area (TPSA) is 71.1 Å². The molecule has 0 aliphatic rings. The third kappa shape index (κ3) is 10.3. The maximum Gasteiger partial charge on any atom is 0.426 e. The van der Waals surface area contributed by atoms with E-state index < -0.39 is 10.4 Å². The van der Waals surface area contributed by atoms with Crippen LogP contribution in [0.2, 0.25) is 0 Å². The standard InChI is InChI=1S/C9H20O6S/c1-3-5-6-7-13-15-16(10,11)14-9-8-12-4-2/h3-9H2,1-2H3. The second-order valence-corrected chi connectivity index (χ2v) is 4.21. The van der Waals surface area contributed by atoms with Crippen molar-refractivity contribution in [3.8, 4) is 0 Å².